The van der Waals surface area contributed by atoms with Crippen LogP contribution in [-0.4, -0.2) is 24.9 Å². The zero-order chi connectivity index (χ0) is 19.6. The minimum absolute atomic E-state index is 0.210. The minimum Gasteiger partial charge on any atom is -0.490 e. The molecule has 0 radical (unpaired) electrons. The molecule has 0 saturated heterocycles. The molecule has 0 saturated carbocycles. The van der Waals surface area contributed by atoms with Gasteiger partial charge < -0.3 is 19.9 Å². The van der Waals surface area contributed by atoms with Crippen molar-refractivity contribution < 1.29 is 14.6 Å². The second-order valence-electron chi connectivity index (χ2n) is 5.97. The number of benzene rings is 2. The van der Waals surface area contributed by atoms with Crippen molar-refractivity contribution >= 4 is 34.8 Å². The van der Waals surface area contributed by atoms with Crippen LogP contribution in [0.5, 0.6) is 11.5 Å². The van der Waals surface area contributed by atoms with Gasteiger partial charge in [-0.25, -0.2) is 0 Å². The fourth-order valence-electron chi connectivity index (χ4n) is 2.47. The van der Waals surface area contributed by atoms with Gasteiger partial charge in [-0.15, -0.1) is 0 Å². The lowest BCUT2D eigenvalue weighted by molar-refractivity contribution is 0.269. The fraction of sp³-hybridized carbons (Fsp3) is 0.400. The fourth-order valence-corrected chi connectivity index (χ4v) is 3.01. The summed E-state index contributed by atoms with van der Waals surface area (Å²) in [4.78, 5) is 0. The van der Waals surface area contributed by atoms with Crippen LogP contribution in [0.4, 0.5) is 0 Å². The molecule has 27 heavy (non-hydrogen) atoms. The molecule has 7 heteroatoms. The number of hydrogen-bond acceptors (Lipinski definition) is 4. The van der Waals surface area contributed by atoms with Crippen LogP contribution >= 0.6 is 34.8 Å². The summed E-state index contributed by atoms with van der Waals surface area (Å²) >= 11 is 18.4. The van der Waals surface area contributed by atoms with Gasteiger partial charge in [-0.1, -0.05) is 40.9 Å². The molecule has 0 aliphatic rings. The molecule has 0 fully saturated rings. The predicted molar refractivity (Wildman–Crippen MR) is 111 cm³/mol. The monoisotopic (exact) mass is 431 g/mol. The second-order valence-corrected chi connectivity index (χ2v) is 7.19. The molecule has 0 spiro atoms. The van der Waals surface area contributed by atoms with Crippen LogP contribution in [-0.2, 0) is 13.2 Å². The molecule has 0 amide bonds. The smallest absolute Gasteiger partial charge is 0.163 e. The largest absolute Gasteiger partial charge is 0.490 e. The third kappa shape index (κ3) is 7.05. The standard InChI is InChI=1S/C20H24Cl3NO3/c1-2-26-19-10-15(12-24-7-3-4-8-25)17(22)11-20(19)27-13-14-5-6-16(21)18(23)9-14/h5-6,9-11,24-25H,2-4,7-8,12-13H2,1H3. The van der Waals surface area contributed by atoms with Gasteiger partial charge in [-0.05, 0) is 55.6 Å². The van der Waals surface area contributed by atoms with Gasteiger partial charge in [0.25, 0.3) is 0 Å². The highest BCUT2D eigenvalue weighted by molar-refractivity contribution is 6.42. The molecule has 0 aliphatic carbocycles. The summed E-state index contributed by atoms with van der Waals surface area (Å²) in [7, 11) is 0. The number of aliphatic hydroxyl groups is 1. The van der Waals surface area contributed by atoms with E-state index in [0.717, 1.165) is 30.5 Å². The molecule has 148 valence electrons. The molecule has 2 aromatic carbocycles. The lowest BCUT2D eigenvalue weighted by Gasteiger charge is -2.15. The van der Waals surface area contributed by atoms with Crippen molar-refractivity contribution in [3.63, 3.8) is 0 Å². The van der Waals surface area contributed by atoms with Gasteiger partial charge in [0.05, 0.1) is 16.7 Å². The normalized spacial score (nSPS) is 10.9. The highest BCUT2D eigenvalue weighted by Gasteiger charge is 2.12. The van der Waals surface area contributed by atoms with Gasteiger partial charge in [-0.3, -0.25) is 0 Å². The number of unbranched alkanes of at least 4 members (excludes halogenated alkanes) is 1. The Hall–Kier alpha value is -1.17. The first-order chi connectivity index (χ1) is 13.0. The first-order valence-corrected chi connectivity index (χ1v) is 10.0. The zero-order valence-corrected chi connectivity index (χ0v) is 17.5. The number of ether oxygens (including phenoxy) is 2. The molecule has 0 aliphatic heterocycles. The average molecular weight is 433 g/mol. The summed E-state index contributed by atoms with van der Waals surface area (Å²) in [6.07, 6.45) is 1.70. The van der Waals surface area contributed by atoms with Gasteiger partial charge in [0.1, 0.15) is 6.61 Å². The molecule has 4 nitrogen and oxygen atoms in total. The molecule has 0 aromatic heterocycles. The number of hydrogen-bond donors (Lipinski definition) is 2. The van der Waals surface area contributed by atoms with E-state index < -0.39 is 0 Å². The molecule has 2 aromatic rings. The number of halogens is 3. The van der Waals surface area contributed by atoms with Crippen molar-refractivity contribution in [2.45, 2.75) is 32.9 Å². The van der Waals surface area contributed by atoms with Gasteiger partial charge in [-0.2, -0.15) is 0 Å². The second kappa shape index (κ2) is 11.6. The Balaban J connectivity index is 2.06. The zero-order valence-electron chi connectivity index (χ0n) is 15.2. The van der Waals surface area contributed by atoms with E-state index in [1.54, 1.807) is 18.2 Å². The lowest BCUT2D eigenvalue weighted by atomic mass is 10.2. The average Bonchev–Trinajstić information content (AvgIpc) is 2.65. The van der Waals surface area contributed by atoms with Crippen molar-refractivity contribution in [3.8, 4) is 11.5 Å². The minimum atomic E-state index is 0.210. The summed E-state index contributed by atoms with van der Waals surface area (Å²) in [5, 5.41) is 13.7. The van der Waals surface area contributed by atoms with Crippen LogP contribution in [0.25, 0.3) is 0 Å². The molecular formula is C20H24Cl3NO3. The Morgan fingerprint density at radius 2 is 1.70 bits per heavy atom. The number of rotatable bonds is 11. The van der Waals surface area contributed by atoms with Crippen molar-refractivity contribution in [1.82, 2.24) is 5.32 Å². The Labute approximate surface area is 175 Å². The number of aliphatic hydroxyl groups excluding tert-OH is 1. The van der Waals surface area contributed by atoms with Crippen molar-refractivity contribution in [2.75, 3.05) is 19.8 Å². The topological polar surface area (TPSA) is 50.7 Å². The van der Waals surface area contributed by atoms with Gasteiger partial charge in [0.2, 0.25) is 0 Å². The van der Waals surface area contributed by atoms with Crippen molar-refractivity contribution in [1.29, 1.82) is 0 Å². The molecule has 2 N–H and O–H groups in total. The molecule has 0 heterocycles. The lowest BCUT2D eigenvalue weighted by Crippen LogP contribution is -2.15. The Kier molecular flexibility index (Phi) is 9.52. The van der Waals surface area contributed by atoms with Gasteiger partial charge in [0.15, 0.2) is 11.5 Å². The highest BCUT2D eigenvalue weighted by Crippen LogP contribution is 2.34. The summed E-state index contributed by atoms with van der Waals surface area (Å²) in [6.45, 7) is 4.42. The van der Waals surface area contributed by atoms with Crippen LogP contribution < -0.4 is 14.8 Å². The Bertz CT molecular complexity index is 741. The Morgan fingerprint density at radius 3 is 2.41 bits per heavy atom. The van der Waals surface area contributed by atoms with E-state index in [0.29, 0.717) is 46.3 Å². The molecule has 0 bridgehead atoms. The third-order valence-corrected chi connectivity index (χ3v) is 4.96. The summed E-state index contributed by atoms with van der Waals surface area (Å²) < 4.78 is 11.6. The van der Waals surface area contributed by atoms with E-state index in [-0.39, 0.29) is 6.61 Å². The highest BCUT2D eigenvalue weighted by atomic mass is 35.5. The summed E-state index contributed by atoms with van der Waals surface area (Å²) in [6, 6.07) is 9.05. The van der Waals surface area contributed by atoms with E-state index in [9.17, 15) is 0 Å². The van der Waals surface area contributed by atoms with E-state index in [1.807, 2.05) is 19.1 Å². The SMILES string of the molecule is CCOc1cc(CNCCCCO)c(Cl)cc1OCc1ccc(Cl)c(Cl)c1. The summed E-state index contributed by atoms with van der Waals surface area (Å²) in [5.74, 6) is 1.23. The molecule has 0 atom stereocenters. The summed E-state index contributed by atoms with van der Waals surface area (Å²) in [5.41, 5.74) is 1.84. The van der Waals surface area contributed by atoms with E-state index in [2.05, 4.69) is 5.32 Å². The number of nitrogens with one attached hydrogen (secondary N) is 1. The van der Waals surface area contributed by atoms with Crippen molar-refractivity contribution in [3.05, 3.63) is 56.5 Å². The van der Waals surface area contributed by atoms with Crippen LogP contribution in [0.15, 0.2) is 30.3 Å². The van der Waals surface area contributed by atoms with E-state index in [1.165, 1.54) is 0 Å². The predicted octanol–water partition coefficient (Wildman–Crippen LogP) is 5.49. The molecule has 2 rings (SSSR count). The van der Waals surface area contributed by atoms with Crippen LogP contribution in [0.1, 0.15) is 30.9 Å². The van der Waals surface area contributed by atoms with Crippen LogP contribution in [0, 0.1) is 0 Å². The van der Waals surface area contributed by atoms with E-state index in [4.69, 9.17) is 49.4 Å². The quantitative estimate of drug-likeness (QED) is 0.461. The van der Waals surface area contributed by atoms with Crippen molar-refractivity contribution in [2.24, 2.45) is 0 Å². The van der Waals surface area contributed by atoms with E-state index >= 15 is 0 Å². The maximum absolute atomic E-state index is 8.82. The maximum Gasteiger partial charge on any atom is 0.163 e. The Morgan fingerprint density at radius 1 is 0.926 bits per heavy atom. The van der Waals surface area contributed by atoms with Crippen LogP contribution in [0.2, 0.25) is 15.1 Å². The molecular weight excluding hydrogens is 409 g/mol. The first-order valence-electron chi connectivity index (χ1n) is 8.88. The van der Waals surface area contributed by atoms with Gasteiger partial charge in [0, 0.05) is 24.2 Å². The molecule has 0 unspecified atom stereocenters. The third-order valence-electron chi connectivity index (χ3n) is 3.87. The van der Waals surface area contributed by atoms with Gasteiger partial charge >= 0.3 is 0 Å². The first kappa shape index (κ1) is 22.1. The maximum atomic E-state index is 8.82. The van der Waals surface area contributed by atoms with Crippen LogP contribution in [0.3, 0.4) is 0 Å².